The summed E-state index contributed by atoms with van der Waals surface area (Å²) in [5, 5.41) is 2.96. The number of rotatable bonds is 8. The number of aliphatic imine (C=N–C) groups is 1. The standard InChI is InChI=1S/C32H29Br2N3O5/c1-20-28(31(40)42-19-21-5-3-2-4-6-21)27-16-15-26(17-18-41-30(39)23-9-13-25(34)14-10-23)37(27)32(35-20)36-29(38)22-7-11-24(33)12-8-22/h2-14,26-27H,15-19H2,1H3,(H,35,36,38)/t26-,27-/m0/s1. The molecular formula is C32H29Br2N3O5. The zero-order valence-corrected chi connectivity index (χ0v) is 26.1. The van der Waals surface area contributed by atoms with Gasteiger partial charge in [0.05, 0.1) is 29.5 Å². The average molecular weight is 695 g/mol. The van der Waals surface area contributed by atoms with Crippen LogP contribution < -0.4 is 5.32 Å². The van der Waals surface area contributed by atoms with Gasteiger partial charge in [0.2, 0.25) is 5.96 Å². The minimum atomic E-state index is -0.435. The Bertz CT molecular complexity index is 1520. The normalized spacial score (nSPS) is 17.8. The number of allylic oxidation sites excluding steroid dienone is 1. The van der Waals surface area contributed by atoms with Gasteiger partial charge in [-0.25, -0.2) is 14.6 Å². The number of carbonyl (C=O) groups is 3. The monoisotopic (exact) mass is 693 g/mol. The van der Waals surface area contributed by atoms with Crippen molar-refractivity contribution in [2.75, 3.05) is 6.61 Å². The highest BCUT2D eigenvalue weighted by molar-refractivity contribution is 9.10. The maximum absolute atomic E-state index is 13.4. The van der Waals surface area contributed by atoms with Crippen molar-refractivity contribution in [3.05, 3.63) is 116 Å². The fourth-order valence-corrected chi connectivity index (χ4v) is 5.73. The molecule has 5 rings (SSSR count). The van der Waals surface area contributed by atoms with E-state index in [9.17, 15) is 14.4 Å². The minimum Gasteiger partial charge on any atom is -0.462 e. The summed E-state index contributed by atoms with van der Waals surface area (Å²) in [5.41, 5.74) is 2.81. The van der Waals surface area contributed by atoms with Crippen molar-refractivity contribution in [3.63, 3.8) is 0 Å². The molecule has 3 aromatic carbocycles. The second-order valence-electron chi connectivity index (χ2n) is 10.0. The molecule has 0 aromatic heterocycles. The van der Waals surface area contributed by atoms with E-state index in [4.69, 9.17) is 9.47 Å². The first kappa shape index (κ1) is 29.7. The molecule has 2 aliphatic heterocycles. The summed E-state index contributed by atoms with van der Waals surface area (Å²) in [6.07, 6.45) is 1.87. The lowest BCUT2D eigenvalue weighted by molar-refractivity contribution is -0.141. The predicted octanol–water partition coefficient (Wildman–Crippen LogP) is 6.41. The van der Waals surface area contributed by atoms with Crippen LogP contribution in [0.5, 0.6) is 0 Å². The van der Waals surface area contributed by atoms with E-state index >= 15 is 0 Å². The summed E-state index contributed by atoms with van der Waals surface area (Å²) in [4.78, 5) is 45.8. The first-order chi connectivity index (χ1) is 20.3. The molecule has 1 fully saturated rings. The van der Waals surface area contributed by atoms with Crippen molar-refractivity contribution < 1.29 is 23.9 Å². The molecule has 0 radical (unpaired) electrons. The fraction of sp³-hybridized carbons (Fsp3) is 0.250. The Morgan fingerprint density at radius 3 is 2.17 bits per heavy atom. The number of benzene rings is 3. The Labute approximate surface area is 261 Å². The van der Waals surface area contributed by atoms with Crippen molar-refractivity contribution in [2.45, 2.75) is 44.9 Å². The summed E-state index contributed by atoms with van der Waals surface area (Å²) >= 11 is 6.76. The van der Waals surface area contributed by atoms with E-state index in [0.29, 0.717) is 41.2 Å². The zero-order chi connectivity index (χ0) is 29.6. The lowest BCUT2D eigenvalue weighted by Gasteiger charge is -2.37. The van der Waals surface area contributed by atoms with Crippen molar-refractivity contribution in [1.82, 2.24) is 10.2 Å². The summed E-state index contributed by atoms with van der Waals surface area (Å²) in [7, 11) is 0. The van der Waals surface area contributed by atoms with E-state index in [1.165, 1.54) is 0 Å². The summed E-state index contributed by atoms with van der Waals surface area (Å²) in [6, 6.07) is 23.0. The van der Waals surface area contributed by atoms with Crippen LogP contribution in [0.3, 0.4) is 0 Å². The molecule has 3 aromatic rings. The van der Waals surface area contributed by atoms with Gasteiger partial charge in [-0.2, -0.15) is 0 Å². The second-order valence-corrected chi connectivity index (χ2v) is 11.9. The van der Waals surface area contributed by atoms with Crippen molar-refractivity contribution in [3.8, 4) is 0 Å². The van der Waals surface area contributed by atoms with Crippen LogP contribution in [0, 0.1) is 0 Å². The Balaban J connectivity index is 1.34. The smallest absolute Gasteiger partial charge is 0.338 e. The van der Waals surface area contributed by atoms with Gasteiger partial charge in [-0.3, -0.25) is 10.1 Å². The second kappa shape index (κ2) is 13.5. The number of ether oxygens (including phenoxy) is 2. The van der Waals surface area contributed by atoms with E-state index in [-0.39, 0.29) is 31.2 Å². The lowest BCUT2D eigenvalue weighted by Crippen LogP contribution is -2.53. The topological polar surface area (TPSA) is 97.3 Å². The van der Waals surface area contributed by atoms with Crippen LogP contribution in [0.15, 0.2) is 104 Å². The molecule has 216 valence electrons. The summed E-state index contributed by atoms with van der Waals surface area (Å²) < 4.78 is 13.0. The third-order valence-electron chi connectivity index (χ3n) is 7.27. The van der Waals surface area contributed by atoms with E-state index in [1.807, 2.05) is 35.2 Å². The molecule has 0 unspecified atom stereocenters. The van der Waals surface area contributed by atoms with Gasteiger partial charge in [0, 0.05) is 27.0 Å². The van der Waals surface area contributed by atoms with Crippen molar-refractivity contribution in [2.24, 2.45) is 4.99 Å². The number of fused-ring (bicyclic) bond motifs is 1. The fourth-order valence-electron chi connectivity index (χ4n) is 5.20. The number of esters is 2. The van der Waals surface area contributed by atoms with E-state index in [2.05, 4.69) is 42.2 Å². The lowest BCUT2D eigenvalue weighted by atomic mass is 10.0. The number of carbonyl (C=O) groups excluding carboxylic acids is 3. The Morgan fingerprint density at radius 2 is 1.50 bits per heavy atom. The van der Waals surface area contributed by atoms with E-state index in [0.717, 1.165) is 20.9 Å². The van der Waals surface area contributed by atoms with Gasteiger partial charge in [-0.1, -0.05) is 62.2 Å². The Morgan fingerprint density at radius 1 is 0.857 bits per heavy atom. The van der Waals surface area contributed by atoms with Crippen LogP contribution in [-0.2, 0) is 20.9 Å². The number of nitrogens with one attached hydrogen (secondary N) is 1. The van der Waals surface area contributed by atoms with Crippen LogP contribution in [-0.4, -0.2) is 47.4 Å². The van der Waals surface area contributed by atoms with E-state index < -0.39 is 11.9 Å². The van der Waals surface area contributed by atoms with Gasteiger partial charge in [0.1, 0.15) is 6.61 Å². The molecule has 2 heterocycles. The molecule has 0 bridgehead atoms. The maximum atomic E-state index is 13.4. The summed E-state index contributed by atoms with van der Waals surface area (Å²) in [5.74, 6) is -0.785. The third kappa shape index (κ3) is 6.99. The molecule has 1 saturated heterocycles. The van der Waals surface area contributed by atoms with Gasteiger partial charge in [0.15, 0.2) is 0 Å². The molecule has 0 saturated carbocycles. The highest BCUT2D eigenvalue weighted by Crippen LogP contribution is 2.36. The van der Waals surface area contributed by atoms with Gasteiger partial charge < -0.3 is 14.4 Å². The number of nitrogens with zero attached hydrogens (tertiary/aromatic N) is 2. The Kier molecular flexibility index (Phi) is 9.54. The SMILES string of the molecule is CC1=C(C(=O)OCc2ccccc2)[C@@H]2CC[C@@H](CCOC(=O)c3ccc(Br)cc3)N2C(NC(=O)c2ccc(Br)cc2)=N1. The van der Waals surface area contributed by atoms with Crippen LogP contribution in [0.2, 0.25) is 0 Å². The number of guanidine groups is 1. The molecule has 1 N–H and O–H groups in total. The molecular weight excluding hydrogens is 666 g/mol. The average Bonchev–Trinajstić information content (AvgIpc) is 3.40. The van der Waals surface area contributed by atoms with Crippen molar-refractivity contribution in [1.29, 1.82) is 0 Å². The molecule has 42 heavy (non-hydrogen) atoms. The highest BCUT2D eigenvalue weighted by atomic mass is 79.9. The maximum Gasteiger partial charge on any atom is 0.338 e. The Hall–Kier alpha value is -3.76. The predicted molar refractivity (Wildman–Crippen MR) is 166 cm³/mol. The number of amides is 1. The quantitative estimate of drug-likeness (QED) is 0.274. The molecule has 2 atom stereocenters. The van der Waals surface area contributed by atoms with Gasteiger partial charge in [-0.15, -0.1) is 0 Å². The van der Waals surface area contributed by atoms with Crippen LogP contribution >= 0.6 is 31.9 Å². The minimum absolute atomic E-state index is 0.123. The molecule has 0 spiro atoms. The van der Waals surface area contributed by atoms with Gasteiger partial charge in [0.25, 0.3) is 5.91 Å². The first-order valence-corrected chi connectivity index (χ1v) is 15.2. The van der Waals surface area contributed by atoms with Crippen LogP contribution in [0.1, 0.15) is 52.5 Å². The largest absolute Gasteiger partial charge is 0.462 e. The number of hydrogen-bond donors (Lipinski definition) is 1. The molecule has 0 aliphatic carbocycles. The van der Waals surface area contributed by atoms with Crippen molar-refractivity contribution >= 4 is 55.7 Å². The third-order valence-corrected chi connectivity index (χ3v) is 8.33. The number of hydrogen-bond acceptors (Lipinski definition) is 7. The number of halogens is 2. The van der Waals surface area contributed by atoms with Crippen LogP contribution in [0.25, 0.3) is 0 Å². The van der Waals surface area contributed by atoms with Gasteiger partial charge in [-0.05, 0) is 73.9 Å². The molecule has 2 aliphatic rings. The summed E-state index contributed by atoms with van der Waals surface area (Å²) in [6.45, 7) is 2.08. The van der Waals surface area contributed by atoms with Gasteiger partial charge >= 0.3 is 11.9 Å². The molecule has 10 heteroatoms. The first-order valence-electron chi connectivity index (χ1n) is 13.6. The molecule has 8 nitrogen and oxygen atoms in total. The van der Waals surface area contributed by atoms with Crippen LogP contribution in [0.4, 0.5) is 0 Å². The highest BCUT2D eigenvalue weighted by Gasteiger charge is 2.44. The molecule has 1 amide bonds. The zero-order valence-electron chi connectivity index (χ0n) is 22.9. The van der Waals surface area contributed by atoms with E-state index in [1.54, 1.807) is 55.5 Å².